The summed E-state index contributed by atoms with van der Waals surface area (Å²) in [6.45, 7) is 5.50. The molecule has 5 N–H and O–H groups in total. The van der Waals surface area contributed by atoms with E-state index in [-0.39, 0.29) is 10.8 Å². The minimum atomic E-state index is -1.26. The summed E-state index contributed by atoms with van der Waals surface area (Å²) in [4.78, 5) is 31.7. The third-order valence-electron chi connectivity index (χ3n) is 9.59. The van der Waals surface area contributed by atoms with Gasteiger partial charge in [0.15, 0.2) is 0 Å². The number of oxime groups is 1. The molecule has 202 valence electrons. The Balaban J connectivity index is 0.000000392. The third-order valence-corrected chi connectivity index (χ3v) is 11.0. The van der Waals surface area contributed by atoms with Crippen molar-refractivity contribution in [2.75, 3.05) is 12.3 Å². The predicted molar refractivity (Wildman–Crippen MR) is 140 cm³/mol. The number of unbranched alkanes of at least 4 members (excludes halogenated alkanes) is 1. The second-order valence-corrected chi connectivity index (χ2v) is 12.8. The molecule has 4 saturated carbocycles. The Morgan fingerprint density at radius 2 is 1.78 bits per heavy atom. The van der Waals surface area contributed by atoms with E-state index in [0.29, 0.717) is 46.9 Å². The molecule has 4 aliphatic carbocycles. The molecule has 9 heteroatoms. The summed E-state index contributed by atoms with van der Waals surface area (Å²) in [5.74, 6) is 1.31. The molecule has 4 fully saturated rings. The molecule has 0 saturated heterocycles. The Kier molecular flexibility index (Phi) is 9.66. The minimum absolute atomic E-state index is 0.110. The molecule has 0 aromatic rings. The van der Waals surface area contributed by atoms with Gasteiger partial charge in [0.25, 0.3) is 0 Å². The second kappa shape index (κ2) is 12.1. The highest BCUT2D eigenvalue weighted by Crippen LogP contribution is 2.65. The van der Waals surface area contributed by atoms with E-state index in [1.807, 2.05) is 0 Å². The fraction of sp³-hybridized carbons (Fsp3) is 0.778. The fourth-order valence-corrected chi connectivity index (χ4v) is 9.02. The fourth-order valence-electron chi connectivity index (χ4n) is 7.70. The maximum Gasteiger partial charge on any atom is 0.328 e. The van der Waals surface area contributed by atoms with Gasteiger partial charge in [0.1, 0.15) is 5.78 Å². The van der Waals surface area contributed by atoms with Crippen molar-refractivity contribution in [3.05, 3.63) is 12.2 Å². The van der Waals surface area contributed by atoms with Crippen LogP contribution in [-0.4, -0.2) is 56.4 Å². The summed E-state index contributed by atoms with van der Waals surface area (Å²) in [5.41, 5.74) is 6.80. The minimum Gasteiger partial charge on any atom is -0.478 e. The average molecular weight is 523 g/mol. The predicted octanol–water partition coefficient (Wildman–Crippen LogP) is 4.59. The Bertz CT molecular complexity index is 875. The molecular formula is C27H42N2O6S. The molecule has 0 aliphatic heterocycles. The van der Waals surface area contributed by atoms with Crippen LogP contribution in [0.4, 0.5) is 0 Å². The molecule has 36 heavy (non-hydrogen) atoms. The lowest BCUT2D eigenvalue weighted by Gasteiger charge is -2.60. The van der Waals surface area contributed by atoms with Gasteiger partial charge in [0, 0.05) is 35.2 Å². The lowest BCUT2D eigenvalue weighted by atomic mass is 9.45. The molecule has 4 rings (SSSR count). The standard InChI is InChI=1S/C23H38N2O2S.C4H4O4/c1-22-9-7-15(28-12-4-3-11-24)13-19(22)20(25-27)14-16-17-5-6-21(26)23(17,2)10-8-18(16)22;5-3(6)1-2-4(7)8/h15-19,27H,3-14,24H2,1-2H3;1-2H,(H,5,6)(H,7,8)/b25-20+;2-1+/t15-,16-,17-,18-,19?,22+,23-;/m0./s1. The number of thioether (sulfide) groups is 1. The molecule has 4 aliphatic rings. The summed E-state index contributed by atoms with van der Waals surface area (Å²) in [6, 6.07) is 0. The van der Waals surface area contributed by atoms with E-state index in [1.165, 1.54) is 31.4 Å². The van der Waals surface area contributed by atoms with Crippen molar-refractivity contribution in [2.45, 2.75) is 83.3 Å². The molecule has 0 aromatic carbocycles. The molecule has 1 unspecified atom stereocenters. The normalized spacial score (nSPS) is 38.6. The number of fused-ring (bicyclic) bond motifs is 5. The molecule has 0 spiro atoms. The number of nitrogens with two attached hydrogens (primary N) is 1. The number of ketones is 1. The van der Waals surface area contributed by atoms with Gasteiger partial charge >= 0.3 is 11.9 Å². The number of carboxylic acid groups (broad SMARTS) is 2. The van der Waals surface area contributed by atoms with E-state index in [1.54, 1.807) is 0 Å². The third kappa shape index (κ3) is 5.98. The molecule has 0 amide bonds. The van der Waals surface area contributed by atoms with E-state index in [2.05, 4.69) is 30.8 Å². The highest BCUT2D eigenvalue weighted by molar-refractivity contribution is 7.99. The van der Waals surface area contributed by atoms with Crippen LogP contribution in [0.2, 0.25) is 0 Å². The van der Waals surface area contributed by atoms with Crippen LogP contribution in [0.5, 0.6) is 0 Å². The lowest BCUT2D eigenvalue weighted by molar-refractivity contribution is -0.134. The van der Waals surface area contributed by atoms with Gasteiger partial charge in [-0.3, -0.25) is 4.79 Å². The van der Waals surface area contributed by atoms with Crippen LogP contribution in [0, 0.1) is 34.5 Å². The van der Waals surface area contributed by atoms with Gasteiger partial charge < -0.3 is 21.2 Å². The molecular weight excluding hydrogens is 480 g/mol. The Labute approximate surface area is 218 Å². The lowest BCUT2D eigenvalue weighted by Crippen LogP contribution is -2.56. The van der Waals surface area contributed by atoms with Crippen molar-refractivity contribution < 1.29 is 29.8 Å². The monoisotopic (exact) mass is 522 g/mol. The Morgan fingerprint density at radius 1 is 1.08 bits per heavy atom. The summed E-state index contributed by atoms with van der Waals surface area (Å²) in [6.07, 6.45) is 12.1. The molecule has 0 bridgehead atoms. The maximum absolute atomic E-state index is 12.6. The van der Waals surface area contributed by atoms with Crippen molar-refractivity contribution in [3.63, 3.8) is 0 Å². The number of nitrogens with zero attached hydrogens (tertiary/aromatic N) is 1. The number of aliphatic carboxylic acids is 2. The van der Waals surface area contributed by atoms with E-state index < -0.39 is 11.9 Å². The second-order valence-electron chi connectivity index (χ2n) is 11.4. The van der Waals surface area contributed by atoms with E-state index >= 15 is 0 Å². The Hall–Kier alpha value is -1.87. The summed E-state index contributed by atoms with van der Waals surface area (Å²) >= 11 is 2.11. The number of hydrogen-bond acceptors (Lipinski definition) is 7. The summed E-state index contributed by atoms with van der Waals surface area (Å²) < 4.78 is 0. The van der Waals surface area contributed by atoms with E-state index in [9.17, 15) is 19.6 Å². The zero-order valence-electron chi connectivity index (χ0n) is 21.5. The molecule has 8 nitrogen and oxygen atoms in total. The first-order valence-electron chi connectivity index (χ1n) is 13.3. The number of carbonyl (C=O) groups is 3. The average Bonchev–Trinajstić information content (AvgIpc) is 3.15. The van der Waals surface area contributed by atoms with Crippen LogP contribution >= 0.6 is 11.8 Å². The largest absolute Gasteiger partial charge is 0.478 e. The van der Waals surface area contributed by atoms with Crippen molar-refractivity contribution >= 4 is 35.2 Å². The van der Waals surface area contributed by atoms with Gasteiger partial charge in [-0.2, -0.15) is 11.8 Å². The van der Waals surface area contributed by atoms with Crippen molar-refractivity contribution in [1.82, 2.24) is 0 Å². The van der Waals surface area contributed by atoms with Gasteiger partial charge in [-0.05, 0) is 93.3 Å². The Morgan fingerprint density at radius 3 is 2.39 bits per heavy atom. The highest BCUT2D eigenvalue weighted by Gasteiger charge is 2.61. The first-order chi connectivity index (χ1) is 17.1. The number of carbonyl (C=O) groups excluding carboxylic acids is 1. The maximum atomic E-state index is 12.6. The smallest absolute Gasteiger partial charge is 0.328 e. The van der Waals surface area contributed by atoms with Crippen LogP contribution in [0.1, 0.15) is 78.1 Å². The van der Waals surface area contributed by atoms with Crippen molar-refractivity contribution in [3.8, 4) is 0 Å². The molecule has 0 heterocycles. The van der Waals surface area contributed by atoms with Crippen molar-refractivity contribution in [2.24, 2.45) is 45.4 Å². The van der Waals surface area contributed by atoms with Crippen LogP contribution in [0.25, 0.3) is 0 Å². The van der Waals surface area contributed by atoms with Crippen molar-refractivity contribution in [1.29, 1.82) is 0 Å². The van der Waals surface area contributed by atoms with Crippen LogP contribution in [0.15, 0.2) is 17.3 Å². The first-order valence-corrected chi connectivity index (χ1v) is 14.3. The number of carboxylic acids is 2. The number of hydrogen-bond donors (Lipinski definition) is 4. The van der Waals surface area contributed by atoms with E-state index in [0.717, 1.165) is 50.8 Å². The van der Waals surface area contributed by atoms with Crippen LogP contribution in [0.3, 0.4) is 0 Å². The van der Waals surface area contributed by atoms with Crippen LogP contribution < -0.4 is 5.73 Å². The van der Waals surface area contributed by atoms with Gasteiger partial charge in [-0.25, -0.2) is 9.59 Å². The van der Waals surface area contributed by atoms with Gasteiger partial charge in [-0.15, -0.1) is 0 Å². The quantitative estimate of drug-likeness (QED) is 0.164. The SMILES string of the molecule is C[C@]12CC[C@H](SCCCCN)CC1/C(=N/O)C[C@@H]1[C@@H]2CC[C@]2(C)C(=O)CC[C@@H]12.O=C(O)/C=C/C(=O)O. The number of Topliss-reactive ketones (excluding diaryl/α,β-unsaturated/α-hetero) is 1. The topological polar surface area (TPSA) is 150 Å². The summed E-state index contributed by atoms with van der Waals surface area (Å²) in [7, 11) is 0. The molecule has 0 aromatic heterocycles. The van der Waals surface area contributed by atoms with Gasteiger partial charge in [-0.1, -0.05) is 19.0 Å². The zero-order valence-corrected chi connectivity index (χ0v) is 22.3. The molecule has 0 radical (unpaired) electrons. The van der Waals surface area contributed by atoms with Crippen LogP contribution in [-0.2, 0) is 14.4 Å². The highest BCUT2D eigenvalue weighted by atomic mass is 32.2. The summed E-state index contributed by atoms with van der Waals surface area (Å²) in [5, 5.41) is 30.1. The molecule has 7 atom stereocenters. The van der Waals surface area contributed by atoms with Gasteiger partial charge in [0.05, 0.1) is 5.71 Å². The zero-order chi connectivity index (χ0) is 26.5. The van der Waals surface area contributed by atoms with Gasteiger partial charge in [0.2, 0.25) is 0 Å². The number of rotatable bonds is 7. The first kappa shape index (κ1) is 28.7. The van der Waals surface area contributed by atoms with E-state index in [4.69, 9.17) is 15.9 Å².